The van der Waals surface area contributed by atoms with Gasteiger partial charge in [-0.1, -0.05) is 17.7 Å². The van der Waals surface area contributed by atoms with Gasteiger partial charge in [0.2, 0.25) is 0 Å². The van der Waals surface area contributed by atoms with Crippen LogP contribution in [0.4, 0.5) is 5.69 Å². The number of ether oxygens (including phenoxy) is 3. The first-order valence-corrected chi connectivity index (χ1v) is 9.74. The molecule has 2 aromatic rings. The van der Waals surface area contributed by atoms with Crippen molar-refractivity contribution in [3.63, 3.8) is 0 Å². The molecule has 0 aliphatic heterocycles. The average molecular weight is 428 g/mol. The Labute approximate surface area is 181 Å². The number of benzene rings is 2. The third-order valence-corrected chi connectivity index (χ3v) is 4.64. The van der Waals surface area contributed by atoms with Crippen LogP contribution in [0.25, 0.3) is 0 Å². The van der Waals surface area contributed by atoms with Crippen LogP contribution in [0, 0.1) is 20.8 Å². The average Bonchev–Trinajstić information content (AvgIpc) is 2.73. The molecule has 0 saturated carbocycles. The van der Waals surface area contributed by atoms with Crippen LogP contribution in [0.2, 0.25) is 0 Å². The highest BCUT2D eigenvalue weighted by molar-refractivity contribution is 5.98. The van der Waals surface area contributed by atoms with Gasteiger partial charge in [0.25, 0.3) is 11.8 Å². The Hall–Kier alpha value is -3.55. The molecule has 31 heavy (non-hydrogen) atoms. The fourth-order valence-corrected chi connectivity index (χ4v) is 3.13. The minimum atomic E-state index is -1.02. The highest BCUT2D eigenvalue weighted by Crippen LogP contribution is 2.27. The predicted molar refractivity (Wildman–Crippen MR) is 117 cm³/mol. The van der Waals surface area contributed by atoms with Crippen LogP contribution < -0.4 is 20.1 Å². The Bertz CT molecular complexity index is 963. The van der Waals surface area contributed by atoms with E-state index in [0.29, 0.717) is 22.7 Å². The number of hydrogen-bond donors (Lipinski definition) is 2. The van der Waals surface area contributed by atoms with E-state index in [1.807, 2.05) is 32.9 Å². The smallest absolute Gasteiger partial charge is 0.326 e. The number of hydrogen-bond acceptors (Lipinski definition) is 6. The lowest BCUT2D eigenvalue weighted by Gasteiger charge is -2.17. The highest BCUT2D eigenvalue weighted by Gasteiger charge is 2.20. The summed E-state index contributed by atoms with van der Waals surface area (Å²) in [4.78, 5) is 36.8. The van der Waals surface area contributed by atoms with Gasteiger partial charge in [-0.3, -0.25) is 14.4 Å². The molecule has 0 spiro atoms. The monoisotopic (exact) mass is 428 g/mol. The second kappa shape index (κ2) is 10.5. The van der Waals surface area contributed by atoms with Gasteiger partial charge in [0.05, 0.1) is 14.2 Å². The molecule has 0 saturated heterocycles. The summed E-state index contributed by atoms with van der Waals surface area (Å²) >= 11 is 0. The molecule has 1 atom stereocenters. The first-order valence-electron chi connectivity index (χ1n) is 9.74. The molecule has 1 unspecified atom stereocenters. The minimum Gasteiger partial charge on any atom is -0.493 e. The molecule has 0 radical (unpaired) electrons. The third-order valence-electron chi connectivity index (χ3n) is 4.64. The summed E-state index contributed by atoms with van der Waals surface area (Å²) in [7, 11) is 2.95. The van der Waals surface area contributed by atoms with Crippen molar-refractivity contribution in [3.8, 4) is 11.5 Å². The molecule has 166 valence electrons. The molecule has 2 aromatic carbocycles. The molecule has 2 N–H and O–H groups in total. The Morgan fingerprint density at radius 2 is 1.55 bits per heavy atom. The molecule has 2 rings (SSSR count). The maximum Gasteiger partial charge on any atom is 0.326 e. The zero-order chi connectivity index (χ0) is 23.1. The van der Waals surface area contributed by atoms with Crippen LogP contribution in [0.15, 0.2) is 30.3 Å². The molecule has 0 aliphatic rings. The fourth-order valence-electron chi connectivity index (χ4n) is 3.13. The van der Waals surface area contributed by atoms with E-state index < -0.39 is 23.9 Å². The normalized spacial score (nSPS) is 11.3. The van der Waals surface area contributed by atoms with Crippen LogP contribution in [-0.4, -0.2) is 44.7 Å². The predicted octanol–water partition coefficient (Wildman–Crippen LogP) is 2.93. The van der Waals surface area contributed by atoms with E-state index >= 15 is 0 Å². The third kappa shape index (κ3) is 6.21. The van der Waals surface area contributed by atoms with Gasteiger partial charge in [0, 0.05) is 11.3 Å². The fraction of sp³-hybridized carbons (Fsp3) is 0.348. The van der Waals surface area contributed by atoms with Crippen molar-refractivity contribution >= 4 is 23.5 Å². The highest BCUT2D eigenvalue weighted by atomic mass is 16.5. The van der Waals surface area contributed by atoms with E-state index in [1.165, 1.54) is 27.2 Å². The SMILES string of the molecule is COc1ccc(C(=O)NCC(=O)OC(C)C(=O)Nc2c(C)cc(C)cc2C)cc1OC. The van der Waals surface area contributed by atoms with E-state index in [9.17, 15) is 14.4 Å². The number of methoxy groups -OCH3 is 2. The van der Waals surface area contributed by atoms with Gasteiger partial charge in [-0.2, -0.15) is 0 Å². The summed E-state index contributed by atoms with van der Waals surface area (Å²) in [5.41, 5.74) is 3.93. The Morgan fingerprint density at radius 1 is 0.935 bits per heavy atom. The van der Waals surface area contributed by atoms with Crippen LogP contribution in [0.5, 0.6) is 11.5 Å². The van der Waals surface area contributed by atoms with Crippen molar-refractivity contribution in [2.75, 3.05) is 26.1 Å². The van der Waals surface area contributed by atoms with Gasteiger partial charge >= 0.3 is 5.97 Å². The maximum absolute atomic E-state index is 12.4. The van der Waals surface area contributed by atoms with Gasteiger partial charge < -0.3 is 24.8 Å². The van der Waals surface area contributed by atoms with Gasteiger partial charge in [-0.05, 0) is 57.0 Å². The number of aryl methyl sites for hydroxylation is 3. The van der Waals surface area contributed by atoms with Crippen molar-refractivity contribution in [1.82, 2.24) is 5.32 Å². The van der Waals surface area contributed by atoms with Crippen LogP contribution >= 0.6 is 0 Å². The second-order valence-electron chi connectivity index (χ2n) is 7.15. The number of rotatable bonds is 8. The minimum absolute atomic E-state index is 0.293. The number of carbonyl (C=O) groups excluding carboxylic acids is 3. The zero-order valence-electron chi connectivity index (χ0n) is 18.6. The summed E-state index contributed by atoms with van der Waals surface area (Å²) < 4.78 is 15.4. The van der Waals surface area contributed by atoms with E-state index in [0.717, 1.165) is 16.7 Å². The van der Waals surface area contributed by atoms with Crippen LogP contribution in [-0.2, 0) is 14.3 Å². The van der Waals surface area contributed by atoms with E-state index in [-0.39, 0.29) is 6.54 Å². The van der Waals surface area contributed by atoms with Gasteiger partial charge in [0.1, 0.15) is 6.54 Å². The van der Waals surface area contributed by atoms with E-state index in [1.54, 1.807) is 12.1 Å². The Balaban J connectivity index is 1.90. The molecule has 0 aliphatic carbocycles. The summed E-state index contributed by atoms with van der Waals surface area (Å²) in [6, 6.07) is 8.56. The molecular formula is C23H28N2O6. The zero-order valence-corrected chi connectivity index (χ0v) is 18.6. The standard InChI is InChI=1S/C23H28N2O6/c1-13-9-14(2)21(15(3)10-13)25-22(27)16(4)31-20(26)12-24-23(28)17-7-8-18(29-5)19(11-17)30-6/h7-11,16H,12H2,1-6H3,(H,24,28)(H,25,27). The quantitative estimate of drug-likeness (QED) is 0.627. The van der Waals surface area contributed by atoms with Crippen molar-refractivity contribution in [2.24, 2.45) is 0 Å². The molecular weight excluding hydrogens is 400 g/mol. The van der Waals surface area contributed by atoms with Crippen molar-refractivity contribution in [2.45, 2.75) is 33.8 Å². The maximum atomic E-state index is 12.4. The molecule has 8 heteroatoms. The first-order chi connectivity index (χ1) is 14.7. The topological polar surface area (TPSA) is 103 Å². The molecule has 8 nitrogen and oxygen atoms in total. The molecule has 0 bridgehead atoms. The lowest BCUT2D eigenvalue weighted by Crippen LogP contribution is -2.36. The van der Waals surface area contributed by atoms with Crippen molar-refractivity contribution in [3.05, 3.63) is 52.6 Å². The van der Waals surface area contributed by atoms with Gasteiger partial charge in [-0.15, -0.1) is 0 Å². The lowest BCUT2D eigenvalue weighted by atomic mass is 10.0. The van der Waals surface area contributed by atoms with E-state index in [2.05, 4.69) is 10.6 Å². The lowest BCUT2D eigenvalue weighted by molar-refractivity contribution is -0.152. The largest absolute Gasteiger partial charge is 0.493 e. The van der Waals surface area contributed by atoms with Crippen molar-refractivity contribution in [1.29, 1.82) is 0 Å². The number of esters is 1. The second-order valence-corrected chi connectivity index (χ2v) is 7.15. The van der Waals surface area contributed by atoms with E-state index in [4.69, 9.17) is 14.2 Å². The van der Waals surface area contributed by atoms with Crippen LogP contribution in [0.3, 0.4) is 0 Å². The summed E-state index contributed by atoms with van der Waals surface area (Å²) in [6.45, 7) is 6.87. The molecule has 2 amide bonds. The Morgan fingerprint density at radius 3 is 2.13 bits per heavy atom. The summed E-state index contributed by atoms with van der Waals surface area (Å²) in [5, 5.41) is 5.26. The summed E-state index contributed by atoms with van der Waals surface area (Å²) in [6.07, 6.45) is -1.02. The molecule has 0 heterocycles. The first kappa shape index (κ1) is 23.7. The van der Waals surface area contributed by atoms with Crippen molar-refractivity contribution < 1.29 is 28.6 Å². The molecule has 0 aromatic heterocycles. The Kier molecular flexibility index (Phi) is 8.01. The number of amides is 2. The molecule has 0 fully saturated rings. The number of carbonyl (C=O) groups is 3. The van der Waals surface area contributed by atoms with Gasteiger partial charge in [-0.25, -0.2) is 0 Å². The van der Waals surface area contributed by atoms with Gasteiger partial charge in [0.15, 0.2) is 17.6 Å². The summed E-state index contributed by atoms with van der Waals surface area (Å²) in [5.74, 6) is -0.786. The van der Waals surface area contributed by atoms with Crippen LogP contribution in [0.1, 0.15) is 34.0 Å². The number of anilines is 1. The number of nitrogens with one attached hydrogen (secondary N) is 2.